The first kappa shape index (κ1) is 11.0. The highest BCUT2D eigenvalue weighted by atomic mass is 35.5. The average molecular weight is 251 g/mol. The van der Waals surface area contributed by atoms with Gasteiger partial charge in [-0.15, -0.1) is 0 Å². The molecule has 0 saturated carbocycles. The van der Waals surface area contributed by atoms with Crippen molar-refractivity contribution in [2.45, 2.75) is 25.8 Å². The predicted octanol–water partition coefficient (Wildman–Crippen LogP) is 2.32. The van der Waals surface area contributed by atoms with Crippen LogP contribution in [-0.4, -0.2) is 27.6 Å². The number of aromatic nitrogens is 3. The molecule has 17 heavy (non-hydrogen) atoms. The van der Waals surface area contributed by atoms with E-state index >= 15 is 0 Å². The van der Waals surface area contributed by atoms with E-state index in [9.17, 15) is 0 Å². The molecule has 0 amide bonds. The second-order valence-electron chi connectivity index (χ2n) is 4.51. The van der Waals surface area contributed by atoms with Gasteiger partial charge in [0.15, 0.2) is 5.65 Å². The van der Waals surface area contributed by atoms with Crippen LogP contribution in [-0.2, 0) is 0 Å². The van der Waals surface area contributed by atoms with Gasteiger partial charge in [0.2, 0.25) is 0 Å². The van der Waals surface area contributed by atoms with Crippen LogP contribution < -0.4 is 5.32 Å². The van der Waals surface area contributed by atoms with Crippen molar-refractivity contribution in [2.24, 2.45) is 0 Å². The molecule has 0 unspecified atom stereocenters. The van der Waals surface area contributed by atoms with Gasteiger partial charge in [-0.3, -0.25) is 0 Å². The van der Waals surface area contributed by atoms with Crippen LogP contribution in [0.25, 0.3) is 11.2 Å². The number of rotatable bonds is 1. The summed E-state index contributed by atoms with van der Waals surface area (Å²) in [7, 11) is 0. The number of imidazole rings is 1. The average Bonchev–Trinajstić information content (AvgIpc) is 2.65. The number of hydrogen-bond donors (Lipinski definition) is 1. The zero-order valence-electron chi connectivity index (χ0n) is 9.78. The van der Waals surface area contributed by atoms with Gasteiger partial charge in [0.1, 0.15) is 11.3 Å². The van der Waals surface area contributed by atoms with Gasteiger partial charge < -0.3 is 9.88 Å². The maximum Gasteiger partial charge on any atom is 0.160 e. The number of hydrogen-bond acceptors (Lipinski definition) is 3. The van der Waals surface area contributed by atoms with Gasteiger partial charge >= 0.3 is 0 Å². The van der Waals surface area contributed by atoms with Crippen molar-refractivity contribution >= 4 is 22.8 Å². The summed E-state index contributed by atoms with van der Waals surface area (Å²) < 4.78 is 2.26. The van der Waals surface area contributed by atoms with Gasteiger partial charge in [0, 0.05) is 12.2 Å². The van der Waals surface area contributed by atoms with Crippen molar-refractivity contribution in [1.29, 1.82) is 0 Å². The molecule has 5 heteroatoms. The molecular weight excluding hydrogens is 236 g/mol. The smallest absolute Gasteiger partial charge is 0.160 e. The molecule has 1 saturated heterocycles. The first-order chi connectivity index (χ1) is 8.25. The Morgan fingerprint density at radius 2 is 2.18 bits per heavy atom. The molecule has 3 heterocycles. The summed E-state index contributed by atoms with van der Waals surface area (Å²) >= 11 is 5.94. The minimum atomic E-state index is 0.509. The summed E-state index contributed by atoms with van der Waals surface area (Å²) in [6, 6.07) is 2.39. The molecule has 2 aromatic rings. The normalized spacial score (nSPS) is 17.8. The third-order valence-electron chi connectivity index (χ3n) is 3.35. The molecule has 1 fully saturated rings. The van der Waals surface area contributed by atoms with Gasteiger partial charge in [-0.1, -0.05) is 11.6 Å². The Balaban J connectivity index is 2.11. The maximum atomic E-state index is 5.94. The van der Waals surface area contributed by atoms with E-state index in [-0.39, 0.29) is 0 Å². The number of nitrogens with zero attached hydrogens (tertiary/aromatic N) is 3. The van der Waals surface area contributed by atoms with Gasteiger partial charge in [-0.05, 0) is 38.9 Å². The van der Waals surface area contributed by atoms with Crippen LogP contribution >= 0.6 is 11.6 Å². The monoisotopic (exact) mass is 250 g/mol. The fourth-order valence-electron chi connectivity index (χ4n) is 2.57. The molecule has 0 aromatic carbocycles. The van der Waals surface area contributed by atoms with Gasteiger partial charge in [0.25, 0.3) is 0 Å². The minimum absolute atomic E-state index is 0.509. The van der Waals surface area contributed by atoms with Gasteiger partial charge in [0.05, 0.1) is 5.02 Å². The Kier molecular flexibility index (Phi) is 2.76. The van der Waals surface area contributed by atoms with E-state index in [1.54, 1.807) is 6.20 Å². The van der Waals surface area contributed by atoms with E-state index in [0.717, 1.165) is 42.9 Å². The molecule has 0 radical (unpaired) electrons. The molecule has 0 aliphatic carbocycles. The van der Waals surface area contributed by atoms with E-state index in [0.29, 0.717) is 11.1 Å². The molecule has 0 bridgehead atoms. The third kappa shape index (κ3) is 1.91. The lowest BCUT2D eigenvalue weighted by Gasteiger charge is -2.25. The summed E-state index contributed by atoms with van der Waals surface area (Å²) in [5, 5.41) is 4.02. The Morgan fingerprint density at radius 1 is 1.41 bits per heavy atom. The number of fused-ring (bicyclic) bond motifs is 1. The Hall–Kier alpha value is -1.13. The molecule has 90 valence electrons. The number of pyridine rings is 1. The summed E-state index contributed by atoms with van der Waals surface area (Å²) in [6.45, 7) is 4.17. The second-order valence-corrected chi connectivity index (χ2v) is 4.94. The Labute approximate surface area is 105 Å². The highest BCUT2D eigenvalue weighted by molar-refractivity contribution is 6.31. The predicted molar refractivity (Wildman–Crippen MR) is 68.4 cm³/mol. The largest absolute Gasteiger partial charge is 0.317 e. The summed E-state index contributed by atoms with van der Waals surface area (Å²) in [4.78, 5) is 8.97. The molecular formula is C12H15ClN4. The fourth-order valence-corrected chi connectivity index (χ4v) is 2.72. The van der Waals surface area contributed by atoms with Crippen molar-refractivity contribution in [3.8, 4) is 0 Å². The first-order valence-corrected chi connectivity index (χ1v) is 6.34. The topological polar surface area (TPSA) is 42.7 Å². The van der Waals surface area contributed by atoms with Gasteiger partial charge in [-0.2, -0.15) is 0 Å². The highest BCUT2D eigenvalue weighted by Gasteiger charge is 2.20. The zero-order chi connectivity index (χ0) is 11.8. The van der Waals surface area contributed by atoms with Crippen LogP contribution in [0, 0.1) is 6.92 Å². The van der Waals surface area contributed by atoms with Crippen LogP contribution in [0.5, 0.6) is 0 Å². The van der Waals surface area contributed by atoms with Crippen LogP contribution in [0.15, 0.2) is 12.3 Å². The molecule has 1 aliphatic rings. The standard InChI is InChI=1S/C12H15ClN4/c1-8-16-11-6-9(13)7-15-12(11)17(8)10-2-4-14-5-3-10/h6-7,10,14H,2-5H2,1H3. The SMILES string of the molecule is Cc1nc2cc(Cl)cnc2n1C1CCNCC1. The van der Waals surface area contributed by atoms with Crippen molar-refractivity contribution in [3.63, 3.8) is 0 Å². The summed E-state index contributed by atoms with van der Waals surface area (Å²) in [5.41, 5.74) is 1.85. The minimum Gasteiger partial charge on any atom is -0.317 e. The number of aryl methyl sites for hydroxylation is 1. The lowest BCUT2D eigenvalue weighted by atomic mass is 10.1. The molecule has 3 rings (SSSR count). The quantitative estimate of drug-likeness (QED) is 0.845. The molecule has 0 spiro atoms. The molecule has 4 nitrogen and oxygen atoms in total. The van der Waals surface area contributed by atoms with Crippen molar-refractivity contribution in [2.75, 3.05) is 13.1 Å². The van der Waals surface area contributed by atoms with E-state index in [1.807, 2.05) is 13.0 Å². The van der Waals surface area contributed by atoms with E-state index < -0.39 is 0 Å². The fraction of sp³-hybridized carbons (Fsp3) is 0.500. The van der Waals surface area contributed by atoms with E-state index in [1.165, 1.54) is 0 Å². The number of piperidine rings is 1. The van der Waals surface area contributed by atoms with Crippen LogP contribution in [0.3, 0.4) is 0 Å². The third-order valence-corrected chi connectivity index (χ3v) is 3.55. The van der Waals surface area contributed by atoms with E-state index in [4.69, 9.17) is 11.6 Å². The maximum absolute atomic E-state index is 5.94. The van der Waals surface area contributed by atoms with Crippen molar-refractivity contribution in [3.05, 3.63) is 23.1 Å². The van der Waals surface area contributed by atoms with Crippen LogP contribution in [0.1, 0.15) is 24.7 Å². The number of nitrogens with one attached hydrogen (secondary N) is 1. The van der Waals surface area contributed by atoms with Crippen LogP contribution in [0.4, 0.5) is 0 Å². The highest BCUT2D eigenvalue weighted by Crippen LogP contribution is 2.26. The molecule has 1 aliphatic heterocycles. The van der Waals surface area contributed by atoms with Gasteiger partial charge in [-0.25, -0.2) is 9.97 Å². The summed E-state index contributed by atoms with van der Waals surface area (Å²) in [5.74, 6) is 1.03. The zero-order valence-corrected chi connectivity index (χ0v) is 10.5. The Morgan fingerprint density at radius 3 is 2.94 bits per heavy atom. The lowest BCUT2D eigenvalue weighted by molar-refractivity contribution is 0.368. The van der Waals surface area contributed by atoms with Crippen molar-refractivity contribution in [1.82, 2.24) is 19.9 Å². The second kappa shape index (κ2) is 4.27. The van der Waals surface area contributed by atoms with E-state index in [2.05, 4.69) is 19.9 Å². The molecule has 0 atom stereocenters. The number of halogens is 1. The molecule has 1 N–H and O–H groups in total. The Bertz CT molecular complexity index is 543. The molecule has 2 aromatic heterocycles. The summed E-state index contributed by atoms with van der Waals surface area (Å²) in [6.07, 6.45) is 3.97. The first-order valence-electron chi connectivity index (χ1n) is 5.96. The lowest BCUT2D eigenvalue weighted by Crippen LogP contribution is -2.29. The van der Waals surface area contributed by atoms with Crippen molar-refractivity contribution < 1.29 is 0 Å². The van der Waals surface area contributed by atoms with Crippen LogP contribution in [0.2, 0.25) is 5.02 Å².